The number of halogens is 3. The third-order valence-electron chi connectivity index (χ3n) is 3.07. The average molecular weight is 282 g/mol. The van der Waals surface area contributed by atoms with Crippen LogP contribution in [0.1, 0.15) is 22.7 Å². The molecule has 0 aliphatic heterocycles. The van der Waals surface area contributed by atoms with E-state index in [4.69, 9.17) is 17.3 Å². The van der Waals surface area contributed by atoms with Gasteiger partial charge in [-0.2, -0.15) is 0 Å². The van der Waals surface area contributed by atoms with Gasteiger partial charge in [-0.25, -0.2) is 8.78 Å². The van der Waals surface area contributed by atoms with Crippen molar-refractivity contribution in [1.29, 1.82) is 0 Å². The first-order valence-corrected chi connectivity index (χ1v) is 6.31. The van der Waals surface area contributed by atoms with E-state index in [9.17, 15) is 8.78 Å². The van der Waals surface area contributed by atoms with Crippen LogP contribution in [0.25, 0.3) is 0 Å². The molecule has 2 rings (SSSR count). The maximum atomic E-state index is 13.6. The van der Waals surface area contributed by atoms with Crippen molar-refractivity contribution in [1.82, 2.24) is 0 Å². The second-order valence-corrected chi connectivity index (χ2v) is 4.90. The van der Waals surface area contributed by atoms with Crippen LogP contribution in [0.15, 0.2) is 36.4 Å². The Morgan fingerprint density at radius 2 is 1.95 bits per heavy atom. The lowest BCUT2D eigenvalue weighted by molar-refractivity contribution is 0.572. The van der Waals surface area contributed by atoms with Crippen LogP contribution in [0.4, 0.5) is 8.78 Å². The summed E-state index contributed by atoms with van der Waals surface area (Å²) in [6.07, 6.45) is 0.201. The third-order valence-corrected chi connectivity index (χ3v) is 3.59. The molecule has 2 N–H and O–H groups in total. The highest BCUT2D eigenvalue weighted by Gasteiger charge is 2.14. The van der Waals surface area contributed by atoms with Crippen molar-refractivity contribution in [3.8, 4) is 0 Å². The quantitative estimate of drug-likeness (QED) is 0.898. The van der Waals surface area contributed by atoms with Gasteiger partial charge in [0.1, 0.15) is 11.6 Å². The summed E-state index contributed by atoms with van der Waals surface area (Å²) in [5.74, 6) is -0.931. The van der Waals surface area contributed by atoms with E-state index in [1.54, 1.807) is 6.07 Å². The summed E-state index contributed by atoms with van der Waals surface area (Å²) in [6.45, 7) is 1.88. The summed E-state index contributed by atoms with van der Waals surface area (Å²) in [6, 6.07) is 8.42. The van der Waals surface area contributed by atoms with Crippen molar-refractivity contribution in [2.75, 3.05) is 0 Å². The van der Waals surface area contributed by atoms with Crippen molar-refractivity contribution in [3.05, 3.63) is 69.7 Å². The highest BCUT2D eigenvalue weighted by molar-refractivity contribution is 6.32. The van der Waals surface area contributed by atoms with Crippen LogP contribution in [0.3, 0.4) is 0 Å². The lowest BCUT2D eigenvalue weighted by Crippen LogP contribution is -2.15. The van der Waals surface area contributed by atoms with Crippen LogP contribution in [0.5, 0.6) is 0 Å². The molecule has 0 bridgehead atoms. The van der Waals surface area contributed by atoms with Gasteiger partial charge in [0.05, 0.1) is 0 Å². The Hall–Kier alpha value is -1.45. The molecule has 1 unspecified atom stereocenters. The molecule has 0 fully saturated rings. The minimum atomic E-state index is -0.473. The van der Waals surface area contributed by atoms with E-state index in [1.807, 2.05) is 19.1 Å². The second kappa shape index (κ2) is 5.68. The zero-order chi connectivity index (χ0) is 14.0. The molecule has 0 aromatic heterocycles. The highest BCUT2D eigenvalue weighted by Crippen LogP contribution is 2.27. The van der Waals surface area contributed by atoms with Crippen LogP contribution < -0.4 is 5.73 Å². The molecule has 2 aromatic rings. The van der Waals surface area contributed by atoms with Gasteiger partial charge in [0.15, 0.2) is 0 Å². The topological polar surface area (TPSA) is 26.0 Å². The molecule has 100 valence electrons. The van der Waals surface area contributed by atoms with Crippen LogP contribution in [-0.4, -0.2) is 0 Å². The second-order valence-electron chi connectivity index (χ2n) is 4.52. The summed E-state index contributed by atoms with van der Waals surface area (Å²) >= 11 is 6.18. The number of hydrogen-bond acceptors (Lipinski definition) is 1. The lowest BCUT2D eigenvalue weighted by atomic mass is 9.98. The molecular weight excluding hydrogens is 268 g/mol. The van der Waals surface area contributed by atoms with E-state index >= 15 is 0 Å². The fraction of sp³-hybridized carbons (Fsp3) is 0.200. The summed E-state index contributed by atoms with van der Waals surface area (Å²) in [7, 11) is 0. The number of hydrogen-bond donors (Lipinski definition) is 1. The maximum Gasteiger partial charge on any atom is 0.126 e. The first kappa shape index (κ1) is 14.0. The van der Waals surface area contributed by atoms with Crippen molar-refractivity contribution in [2.24, 2.45) is 5.73 Å². The third kappa shape index (κ3) is 3.11. The van der Waals surface area contributed by atoms with E-state index in [0.717, 1.165) is 23.3 Å². The van der Waals surface area contributed by atoms with Gasteiger partial charge < -0.3 is 5.73 Å². The molecule has 1 atom stereocenters. The molecule has 0 saturated carbocycles. The number of benzene rings is 2. The smallest absolute Gasteiger partial charge is 0.126 e. The first-order valence-electron chi connectivity index (χ1n) is 5.93. The van der Waals surface area contributed by atoms with Gasteiger partial charge in [0.2, 0.25) is 0 Å². The average Bonchev–Trinajstić information content (AvgIpc) is 2.37. The van der Waals surface area contributed by atoms with E-state index < -0.39 is 17.7 Å². The molecular formula is C15H14ClF2N. The zero-order valence-corrected chi connectivity index (χ0v) is 11.2. The predicted octanol–water partition coefficient (Wildman–Crippen LogP) is 4.17. The SMILES string of the molecule is Cc1cccc(C(N)Cc2cc(F)ccc2F)c1Cl. The maximum absolute atomic E-state index is 13.6. The molecule has 0 aliphatic rings. The van der Waals surface area contributed by atoms with Crippen molar-refractivity contribution >= 4 is 11.6 Å². The molecule has 19 heavy (non-hydrogen) atoms. The van der Waals surface area contributed by atoms with Crippen molar-refractivity contribution in [2.45, 2.75) is 19.4 Å². The Bertz CT molecular complexity index is 599. The minimum Gasteiger partial charge on any atom is -0.324 e. The molecule has 0 aliphatic carbocycles. The normalized spacial score (nSPS) is 12.5. The van der Waals surface area contributed by atoms with Crippen molar-refractivity contribution < 1.29 is 8.78 Å². The number of aryl methyl sites for hydroxylation is 1. The fourth-order valence-electron chi connectivity index (χ4n) is 2.00. The van der Waals surface area contributed by atoms with Gasteiger partial charge in [-0.1, -0.05) is 29.8 Å². The predicted molar refractivity (Wildman–Crippen MR) is 73.2 cm³/mol. The van der Waals surface area contributed by atoms with E-state index in [-0.39, 0.29) is 12.0 Å². The summed E-state index contributed by atoms with van der Waals surface area (Å²) < 4.78 is 26.7. The number of nitrogens with two attached hydrogens (primary N) is 1. The van der Waals surface area contributed by atoms with E-state index in [1.165, 1.54) is 6.07 Å². The van der Waals surface area contributed by atoms with Gasteiger partial charge in [0, 0.05) is 11.1 Å². The Morgan fingerprint density at radius 1 is 1.21 bits per heavy atom. The van der Waals surface area contributed by atoms with Gasteiger partial charge >= 0.3 is 0 Å². The monoisotopic (exact) mass is 281 g/mol. The van der Waals surface area contributed by atoms with Gasteiger partial charge in [-0.3, -0.25) is 0 Å². The molecule has 0 saturated heterocycles. The van der Waals surface area contributed by atoms with Crippen molar-refractivity contribution in [3.63, 3.8) is 0 Å². The Labute approximate surface area is 116 Å². The zero-order valence-electron chi connectivity index (χ0n) is 10.5. The van der Waals surface area contributed by atoms with Crippen LogP contribution >= 0.6 is 11.6 Å². The van der Waals surface area contributed by atoms with E-state index in [0.29, 0.717) is 5.02 Å². The highest BCUT2D eigenvalue weighted by atomic mass is 35.5. The number of rotatable bonds is 3. The summed E-state index contributed by atoms with van der Waals surface area (Å²) in [4.78, 5) is 0. The molecule has 4 heteroatoms. The first-order chi connectivity index (χ1) is 8.99. The van der Waals surface area contributed by atoms with E-state index in [2.05, 4.69) is 0 Å². The lowest BCUT2D eigenvalue weighted by Gasteiger charge is -2.15. The minimum absolute atomic E-state index is 0.201. The summed E-state index contributed by atoms with van der Waals surface area (Å²) in [5.41, 5.74) is 7.95. The molecule has 0 spiro atoms. The Morgan fingerprint density at radius 3 is 2.68 bits per heavy atom. The molecule has 1 nitrogen and oxygen atoms in total. The Kier molecular flexibility index (Phi) is 4.17. The molecule has 0 heterocycles. The van der Waals surface area contributed by atoms with Crippen LogP contribution in [-0.2, 0) is 6.42 Å². The Balaban J connectivity index is 2.28. The van der Waals surface area contributed by atoms with Gasteiger partial charge in [-0.15, -0.1) is 0 Å². The van der Waals surface area contributed by atoms with Crippen LogP contribution in [0, 0.1) is 18.6 Å². The van der Waals surface area contributed by atoms with Crippen LogP contribution in [0.2, 0.25) is 5.02 Å². The van der Waals surface area contributed by atoms with Gasteiger partial charge in [-0.05, 0) is 48.2 Å². The fourth-order valence-corrected chi connectivity index (χ4v) is 2.27. The largest absolute Gasteiger partial charge is 0.324 e. The molecule has 0 amide bonds. The summed E-state index contributed by atoms with van der Waals surface area (Å²) in [5, 5.41) is 0.576. The molecule has 0 radical (unpaired) electrons. The molecule has 2 aromatic carbocycles. The van der Waals surface area contributed by atoms with Gasteiger partial charge in [0.25, 0.3) is 0 Å². The standard InChI is InChI=1S/C15H14ClF2N/c1-9-3-2-4-12(15(9)16)14(19)8-10-7-11(17)5-6-13(10)18/h2-7,14H,8,19H2,1H3.